The smallest absolute Gasteiger partial charge is 0.138 e. The molecule has 0 aliphatic carbocycles. The van der Waals surface area contributed by atoms with Crippen LogP contribution in [-0.2, 0) is 0 Å². The van der Waals surface area contributed by atoms with Crippen LogP contribution < -0.4 is 16.0 Å². The summed E-state index contributed by atoms with van der Waals surface area (Å²) in [7, 11) is 1.98. The fourth-order valence-electron chi connectivity index (χ4n) is 1.86. The number of rotatable bonds is 5. The van der Waals surface area contributed by atoms with E-state index in [4.69, 9.17) is 5.73 Å². The number of hydrogen-bond donors (Lipinski definition) is 2. The number of nitrogens with zero attached hydrogens (tertiary/aromatic N) is 3. The Morgan fingerprint density at radius 2 is 2.05 bits per heavy atom. The topological polar surface area (TPSA) is 67.1 Å². The van der Waals surface area contributed by atoms with Crippen molar-refractivity contribution in [3.8, 4) is 0 Å². The standard InChI is InChI=1S/C14H18BrN5/c1-10-18-13(17-8-7-16)9-14(19-10)20(2)12-6-4-3-5-11(12)15/h3-6,9H,7-8,16H2,1-2H3,(H,17,18,19). The Hall–Kier alpha value is -1.66. The van der Waals surface area contributed by atoms with Crippen LogP contribution in [-0.4, -0.2) is 30.1 Å². The molecular formula is C14H18BrN5. The van der Waals surface area contributed by atoms with Gasteiger partial charge in [-0.1, -0.05) is 12.1 Å². The van der Waals surface area contributed by atoms with Crippen molar-refractivity contribution in [3.63, 3.8) is 0 Å². The zero-order valence-electron chi connectivity index (χ0n) is 11.6. The predicted octanol–water partition coefficient (Wildman–Crippen LogP) is 2.69. The third kappa shape index (κ3) is 3.46. The van der Waals surface area contributed by atoms with Crippen LogP contribution in [0.25, 0.3) is 0 Å². The zero-order valence-corrected chi connectivity index (χ0v) is 13.2. The highest BCUT2D eigenvalue weighted by Gasteiger charge is 2.10. The molecule has 6 heteroatoms. The van der Waals surface area contributed by atoms with E-state index in [2.05, 4.69) is 31.2 Å². The molecule has 0 fully saturated rings. The molecule has 0 aliphatic heterocycles. The van der Waals surface area contributed by atoms with Gasteiger partial charge in [0.15, 0.2) is 0 Å². The van der Waals surface area contributed by atoms with Crippen molar-refractivity contribution < 1.29 is 0 Å². The number of halogens is 1. The first-order chi connectivity index (χ1) is 9.61. The molecule has 2 aromatic rings. The number of aromatic nitrogens is 2. The van der Waals surface area contributed by atoms with E-state index in [-0.39, 0.29) is 0 Å². The van der Waals surface area contributed by atoms with E-state index < -0.39 is 0 Å². The van der Waals surface area contributed by atoms with Gasteiger partial charge in [-0.05, 0) is 35.0 Å². The summed E-state index contributed by atoms with van der Waals surface area (Å²) in [5.41, 5.74) is 6.55. The molecule has 0 amide bonds. The number of benzene rings is 1. The Labute approximate surface area is 127 Å². The summed E-state index contributed by atoms with van der Waals surface area (Å²) in [4.78, 5) is 10.9. The van der Waals surface area contributed by atoms with Crippen molar-refractivity contribution in [2.75, 3.05) is 30.4 Å². The van der Waals surface area contributed by atoms with Crippen molar-refractivity contribution in [2.24, 2.45) is 5.73 Å². The summed E-state index contributed by atoms with van der Waals surface area (Å²) in [5.74, 6) is 2.35. The molecule has 5 nitrogen and oxygen atoms in total. The van der Waals surface area contributed by atoms with Gasteiger partial charge < -0.3 is 16.0 Å². The quantitative estimate of drug-likeness (QED) is 0.879. The van der Waals surface area contributed by atoms with E-state index in [1.807, 2.05) is 49.2 Å². The zero-order chi connectivity index (χ0) is 14.5. The first-order valence-corrected chi connectivity index (χ1v) is 7.19. The Bertz CT molecular complexity index is 588. The SMILES string of the molecule is Cc1nc(NCCN)cc(N(C)c2ccccc2Br)n1. The molecule has 0 spiro atoms. The van der Waals surface area contributed by atoms with Gasteiger partial charge in [0.25, 0.3) is 0 Å². The first kappa shape index (κ1) is 14.7. The number of nitrogens with one attached hydrogen (secondary N) is 1. The highest BCUT2D eigenvalue weighted by molar-refractivity contribution is 9.10. The molecule has 1 aromatic heterocycles. The molecule has 1 aromatic carbocycles. The molecule has 0 radical (unpaired) electrons. The predicted molar refractivity (Wildman–Crippen MR) is 86.5 cm³/mol. The minimum Gasteiger partial charge on any atom is -0.369 e. The number of hydrogen-bond acceptors (Lipinski definition) is 5. The summed E-state index contributed by atoms with van der Waals surface area (Å²) >= 11 is 3.56. The lowest BCUT2D eigenvalue weighted by Gasteiger charge is -2.20. The molecule has 0 atom stereocenters. The maximum atomic E-state index is 5.50. The van der Waals surface area contributed by atoms with Gasteiger partial charge in [0.05, 0.1) is 5.69 Å². The lowest BCUT2D eigenvalue weighted by atomic mass is 10.3. The molecule has 1 heterocycles. The van der Waals surface area contributed by atoms with Gasteiger partial charge in [-0.15, -0.1) is 0 Å². The minimum absolute atomic E-state index is 0.568. The average molecular weight is 336 g/mol. The molecule has 0 saturated carbocycles. The minimum atomic E-state index is 0.568. The van der Waals surface area contributed by atoms with Crippen LogP contribution in [0.1, 0.15) is 5.82 Å². The van der Waals surface area contributed by atoms with Gasteiger partial charge in [0.1, 0.15) is 17.5 Å². The number of para-hydroxylation sites is 1. The molecule has 106 valence electrons. The molecule has 3 N–H and O–H groups in total. The second kappa shape index (κ2) is 6.67. The molecular weight excluding hydrogens is 318 g/mol. The van der Waals surface area contributed by atoms with Crippen molar-refractivity contribution in [1.82, 2.24) is 9.97 Å². The van der Waals surface area contributed by atoms with E-state index in [1.165, 1.54) is 0 Å². The highest BCUT2D eigenvalue weighted by Crippen LogP contribution is 2.30. The van der Waals surface area contributed by atoms with E-state index in [0.29, 0.717) is 13.1 Å². The molecule has 2 rings (SSSR count). The summed E-state index contributed by atoms with van der Waals surface area (Å²) in [6, 6.07) is 9.95. The van der Waals surface area contributed by atoms with Gasteiger partial charge in [-0.25, -0.2) is 9.97 Å². The van der Waals surface area contributed by atoms with Gasteiger partial charge in [-0.3, -0.25) is 0 Å². The fourth-order valence-corrected chi connectivity index (χ4v) is 2.41. The maximum absolute atomic E-state index is 5.50. The van der Waals surface area contributed by atoms with E-state index >= 15 is 0 Å². The van der Waals surface area contributed by atoms with Crippen LogP contribution in [0.5, 0.6) is 0 Å². The average Bonchev–Trinajstić information content (AvgIpc) is 2.44. The molecule has 0 unspecified atom stereocenters. The Balaban J connectivity index is 2.32. The van der Waals surface area contributed by atoms with Crippen molar-refractivity contribution in [2.45, 2.75) is 6.92 Å². The molecule has 0 bridgehead atoms. The monoisotopic (exact) mass is 335 g/mol. The largest absolute Gasteiger partial charge is 0.369 e. The third-order valence-electron chi connectivity index (χ3n) is 2.83. The maximum Gasteiger partial charge on any atom is 0.138 e. The van der Waals surface area contributed by atoms with E-state index in [1.54, 1.807) is 0 Å². The van der Waals surface area contributed by atoms with Crippen LogP contribution in [0.2, 0.25) is 0 Å². The number of anilines is 3. The van der Waals surface area contributed by atoms with Crippen molar-refractivity contribution in [1.29, 1.82) is 0 Å². The van der Waals surface area contributed by atoms with Gasteiger partial charge in [-0.2, -0.15) is 0 Å². The van der Waals surface area contributed by atoms with E-state index in [0.717, 1.165) is 27.6 Å². The summed E-state index contributed by atoms with van der Waals surface area (Å²) < 4.78 is 1.02. The third-order valence-corrected chi connectivity index (χ3v) is 3.50. The van der Waals surface area contributed by atoms with Crippen LogP contribution in [0.4, 0.5) is 17.3 Å². The van der Waals surface area contributed by atoms with Crippen molar-refractivity contribution >= 4 is 33.3 Å². The summed E-state index contributed by atoms with van der Waals surface area (Å²) in [6.07, 6.45) is 0. The molecule has 20 heavy (non-hydrogen) atoms. The molecule has 0 aliphatic rings. The van der Waals surface area contributed by atoms with Crippen LogP contribution in [0, 0.1) is 6.92 Å². The molecule has 0 saturated heterocycles. The second-order valence-electron chi connectivity index (χ2n) is 4.38. The normalized spacial score (nSPS) is 10.4. The first-order valence-electron chi connectivity index (χ1n) is 6.39. The number of nitrogens with two attached hydrogens (primary N) is 1. The Morgan fingerprint density at radius 1 is 1.30 bits per heavy atom. The highest BCUT2D eigenvalue weighted by atomic mass is 79.9. The number of aryl methyl sites for hydroxylation is 1. The van der Waals surface area contributed by atoms with Gasteiger partial charge in [0, 0.05) is 30.7 Å². The second-order valence-corrected chi connectivity index (χ2v) is 5.24. The van der Waals surface area contributed by atoms with Gasteiger partial charge >= 0.3 is 0 Å². The Morgan fingerprint density at radius 3 is 2.75 bits per heavy atom. The van der Waals surface area contributed by atoms with E-state index in [9.17, 15) is 0 Å². The fraction of sp³-hybridized carbons (Fsp3) is 0.286. The lowest BCUT2D eigenvalue weighted by molar-refractivity contribution is 0.973. The van der Waals surface area contributed by atoms with Crippen LogP contribution >= 0.6 is 15.9 Å². The summed E-state index contributed by atoms with van der Waals surface area (Å²) in [6.45, 7) is 3.14. The van der Waals surface area contributed by atoms with Crippen molar-refractivity contribution in [3.05, 3.63) is 40.6 Å². The van der Waals surface area contributed by atoms with Crippen LogP contribution in [0.15, 0.2) is 34.8 Å². The van der Waals surface area contributed by atoms with Gasteiger partial charge in [0.2, 0.25) is 0 Å². The summed E-state index contributed by atoms with van der Waals surface area (Å²) in [5, 5.41) is 3.18. The van der Waals surface area contributed by atoms with Crippen LogP contribution in [0.3, 0.4) is 0 Å². The Kier molecular flexibility index (Phi) is 4.92. The lowest BCUT2D eigenvalue weighted by Crippen LogP contribution is -2.16.